The van der Waals surface area contributed by atoms with Crippen LogP contribution in [0.2, 0.25) is 0 Å². The monoisotopic (exact) mass is 471 g/mol. The number of nitrogens with two attached hydrogens (primary N) is 4. The minimum Gasteiger partial charge on any atom is -0.480 e. The van der Waals surface area contributed by atoms with E-state index < -0.39 is 35.9 Å². The molecule has 1 rings (SSSR count). The standard InChI is InChI=1S/C6H13NO2.C5H9NO2.3C2H5NO2/c1-4(2)3-5(7)6(8)9;7-5(8)4-2-1-3-6-4;3*3-1-2(4)5/h4-5H,3,7H2,1-2H3,(H,8,9);4,6H,1-3H2,(H,7,8);3*1,3H2,(H,4,5)/t5-;4-;;;/m00.../s1. The molecule has 0 saturated carbocycles. The van der Waals surface area contributed by atoms with Crippen LogP contribution >= 0.6 is 0 Å². The van der Waals surface area contributed by atoms with Crippen LogP contribution < -0.4 is 28.3 Å². The SMILES string of the molecule is CC(C)C[C@H](N)C(=O)O.NCC(=O)O.NCC(=O)O.NCC(=O)O.O=C(O)[C@@H]1CCCN1. The van der Waals surface area contributed by atoms with Crippen LogP contribution in [-0.4, -0.2) is 93.6 Å². The molecule has 0 aliphatic carbocycles. The molecule has 190 valence electrons. The first kappa shape index (κ1) is 36.5. The van der Waals surface area contributed by atoms with Crippen molar-refractivity contribution in [3.8, 4) is 0 Å². The largest absolute Gasteiger partial charge is 0.480 e. The summed E-state index contributed by atoms with van der Waals surface area (Å²) in [5, 5.41) is 42.3. The first-order valence-electron chi connectivity index (χ1n) is 9.36. The average Bonchev–Trinajstić information content (AvgIpc) is 3.24. The van der Waals surface area contributed by atoms with Crippen LogP contribution in [0.1, 0.15) is 33.1 Å². The molecule has 1 saturated heterocycles. The van der Waals surface area contributed by atoms with Crippen LogP contribution in [0.15, 0.2) is 0 Å². The summed E-state index contributed by atoms with van der Waals surface area (Å²) in [7, 11) is 0. The van der Waals surface area contributed by atoms with Crippen molar-refractivity contribution in [2.24, 2.45) is 28.9 Å². The molecule has 0 aromatic rings. The Hall–Kier alpha value is -2.85. The molecule has 0 aromatic heterocycles. The number of hydrogen-bond donors (Lipinski definition) is 10. The van der Waals surface area contributed by atoms with E-state index in [-0.39, 0.29) is 25.7 Å². The van der Waals surface area contributed by atoms with Crippen LogP contribution in [0.3, 0.4) is 0 Å². The summed E-state index contributed by atoms with van der Waals surface area (Å²) in [6.07, 6.45) is 2.33. The van der Waals surface area contributed by atoms with Crippen LogP contribution in [0.5, 0.6) is 0 Å². The predicted octanol–water partition coefficient (Wildman–Crippen LogP) is -2.64. The molecule has 14 N–H and O–H groups in total. The fourth-order valence-corrected chi connectivity index (χ4v) is 1.50. The quantitative estimate of drug-likeness (QED) is 0.181. The van der Waals surface area contributed by atoms with Gasteiger partial charge >= 0.3 is 29.8 Å². The van der Waals surface area contributed by atoms with E-state index in [1.165, 1.54) is 0 Å². The van der Waals surface area contributed by atoms with Crippen molar-refractivity contribution in [2.45, 2.75) is 45.2 Å². The Morgan fingerprint density at radius 1 is 0.844 bits per heavy atom. The van der Waals surface area contributed by atoms with Crippen LogP contribution in [0.25, 0.3) is 0 Å². The lowest BCUT2D eigenvalue weighted by molar-refractivity contribution is -0.139. The van der Waals surface area contributed by atoms with E-state index in [0.29, 0.717) is 12.3 Å². The fourth-order valence-electron chi connectivity index (χ4n) is 1.50. The summed E-state index contributed by atoms with van der Waals surface area (Å²) in [4.78, 5) is 48.0. The lowest BCUT2D eigenvalue weighted by atomic mass is 10.1. The number of carboxylic acids is 5. The van der Waals surface area contributed by atoms with Gasteiger partial charge < -0.3 is 53.8 Å². The minimum absolute atomic E-state index is 0.269. The minimum atomic E-state index is -0.968. The van der Waals surface area contributed by atoms with Crippen molar-refractivity contribution in [3.05, 3.63) is 0 Å². The summed E-state index contributed by atoms with van der Waals surface area (Å²) < 4.78 is 0. The highest BCUT2D eigenvalue weighted by atomic mass is 16.4. The van der Waals surface area contributed by atoms with Crippen molar-refractivity contribution in [2.75, 3.05) is 26.2 Å². The van der Waals surface area contributed by atoms with E-state index in [1.807, 2.05) is 13.8 Å². The molecule has 0 bridgehead atoms. The Morgan fingerprint density at radius 2 is 1.19 bits per heavy atom. The Labute approximate surface area is 185 Å². The second-order valence-electron chi connectivity index (χ2n) is 6.36. The molecule has 1 aliphatic heterocycles. The topological polar surface area (TPSA) is 303 Å². The van der Waals surface area contributed by atoms with E-state index in [2.05, 4.69) is 22.5 Å². The van der Waals surface area contributed by atoms with Gasteiger partial charge in [-0.3, -0.25) is 24.0 Å². The van der Waals surface area contributed by atoms with Crippen molar-refractivity contribution < 1.29 is 49.5 Å². The summed E-state index contributed by atoms with van der Waals surface area (Å²) in [6.45, 7) is 3.92. The van der Waals surface area contributed by atoms with E-state index in [1.54, 1.807) is 0 Å². The zero-order chi connectivity index (χ0) is 26.3. The molecule has 0 spiro atoms. The molecule has 15 nitrogen and oxygen atoms in total. The highest BCUT2D eigenvalue weighted by Crippen LogP contribution is 2.03. The van der Waals surface area contributed by atoms with Gasteiger partial charge in [-0.05, 0) is 31.7 Å². The van der Waals surface area contributed by atoms with Gasteiger partial charge in [-0.15, -0.1) is 0 Å². The lowest BCUT2D eigenvalue weighted by Gasteiger charge is -2.07. The highest BCUT2D eigenvalue weighted by molar-refractivity contribution is 5.73. The number of nitrogens with one attached hydrogen (secondary N) is 1. The molecule has 0 unspecified atom stereocenters. The third kappa shape index (κ3) is 37.8. The Balaban J connectivity index is -0.000000158. The number of hydrogen-bond acceptors (Lipinski definition) is 10. The van der Waals surface area contributed by atoms with Crippen molar-refractivity contribution >= 4 is 29.8 Å². The maximum atomic E-state index is 10.1. The maximum absolute atomic E-state index is 10.1. The smallest absolute Gasteiger partial charge is 0.320 e. The lowest BCUT2D eigenvalue weighted by Crippen LogP contribution is -2.31. The van der Waals surface area contributed by atoms with E-state index in [9.17, 15) is 24.0 Å². The molecule has 0 amide bonds. The van der Waals surface area contributed by atoms with Gasteiger partial charge in [-0.1, -0.05) is 13.8 Å². The molecule has 32 heavy (non-hydrogen) atoms. The Morgan fingerprint density at radius 3 is 1.28 bits per heavy atom. The summed E-state index contributed by atoms with van der Waals surface area (Å²) in [5.74, 6) is -4.18. The number of rotatable bonds is 7. The van der Waals surface area contributed by atoms with Crippen LogP contribution in [0.4, 0.5) is 0 Å². The molecule has 2 atom stereocenters. The molecule has 15 heteroatoms. The van der Waals surface area contributed by atoms with Gasteiger partial charge in [-0.25, -0.2) is 0 Å². The first-order valence-corrected chi connectivity index (χ1v) is 9.36. The zero-order valence-electron chi connectivity index (χ0n) is 18.3. The van der Waals surface area contributed by atoms with Gasteiger partial charge in [0, 0.05) is 0 Å². The fraction of sp³-hybridized carbons (Fsp3) is 0.706. The third-order valence-corrected chi connectivity index (χ3v) is 2.92. The second kappa shape index (κ2) is 24.4. The van der Waals surface area contributed by atoms with Gasteiger partial charge in [-0.2, -0.15) is 0 Å². The summed E-state index contributed by atoms with van der Waals surface area (Å²) in [6, 6.07) is -0.958. The number of carbonyl (C=O) groups is 5. The van der Waals surface area contributed by atoms with Crippen molar-refractivity contribution in [1.29, 1.82) is 0 Å². The Kier molecular flexibility index (Phi) is 27.9. The summed E-state index contributed by atoms with van der Waals surface area (Å²) >= 11 is 0. The third-order valence-electron chi connectivity index (χ3n) is 2.92. The zero-order valence-corrected chi connectivity index (χ0v) is 18.3. The predicted molar refractivity (Wildman–Crippen MR) is 114 cm³/mol. The Bertz CT molecular complexity index is 507. The van der Waals surface area contributed by atoms with Gasteiger partial charge in [0.25, 0.3) is 0 Å². The van der Waals surface area contributed by atoms with E-state index in [4.69, 9.17) is 31.3 Å². The van der Waals surface area contributed by atoms with E-state index >= 15 is 0 Å². The van der Waals surface area contributed by atoms with Gasteiger partial charge in [0.2, 0.25) is 0 Å². The van der Waals surface area contributed by atoms with Crippen LogP contribution in [0, 0.1) is 5.92 Å². The highest BCUT2D eigenvalue weighted by Gasteiger charge is 2.20. The molecular weight excluding hydrogens is 434 g/mol. The second-order valence-corrected chi connectivity index (χ2v) is 6.36. The van der Waals surface area contributed by atoms with Crippen molar-refractivity contribution in [1.82, 2.24) is 5.32 Å². The van der Waals surface area contributed by atoms with E-state index in [0.717, 1.165) is 19.4 Å². The van der Waals surface area contributed by atoms with Gasteiger partial charge in [0.05, 0.1) is 19.6 Å². The maximum Gasteiger partial charge on any atom is 0.320 e. The molecule has 1 heterocycles. The number of aliphatic carboxylic acids is 5. The molecule has 1 aliphatic rings. The van der Waals surface area contributed by atoms with Gasteiger partial charge in [0.1, 0.15) is 12.1 Å². The molecular formula is C17H37N5O10. The molecule has 0 aromatic carbocycles. The molecule has 1 fully saturated rings. The van der Waals surface area contributed by atoms with Crippen molar-refractivity contribution in [3.63, 3.8) is 0 Å². The average molecular weight is 472 g/mol. The van der Waals surface area contributed by atoms with Crippen LogP contribution in [-0.2, 0) is 24.0 Å². The summed E-state index contributed by atoms with van der Waals surface area (Å²) in [5.41, 5.74) is 18.9. The van der Waals surface area contributed by atoms with Gasteiger partial charge in [0.15, 0.2) is 0 Å². The number of carboxylic acid groups (broad SMARTS) is 5. The molecule has 0 radical (unpaired) electrons. The first-order chi connectivity index (χ1) is 14.7. The normalized spacial score (nSPS) is 14.4.